The smallest absolute Gasteiger partial charge is 0.164 e. The van der Waals surface area contributed by atoms with Crippen LogP contribution in [0.4, 0.5) is 0 Å². The molecule has 0 spiro atoms. The van der Waals surface area contributed by atoms with E-state index in [1.807, 2.05) is 54.6 Å². The zero-order chi connectivity index (χ0) is 49.4. The van der Waals surface area contributed by atoms with E-state index < -0.39 is 0 Å². The van der Waals surface area contributed by atoms with Crippen LogP contribution in [-0.2, 0) is 0 Å². The number of hydrogen-bond donors (Lipinski definition) is 0. The van der Waals surface area contributed by atoms with Gasteiger partial charge in [0.15, 0.2) is 17.5 Å². The van der Waals surface area contributed by atoms with Crippen molar-refractivity contribution < 1.29 is 8.83 Å². The summed E-state index contributed by atoms with van der Waals surface area (Å²) < 4.78 is 15.9. The Kier molecular flexibility index (Phi) is 9.78. The molecule has 350 valence electrons. The lowest BCUT2D eigenvalue weighted by molar-refractivity contribution is 0.668. The van der Waals surface area contributed by atoms with Gasteiger partial charge in [-0.15, -0.1) is 0 Å². The van der Waals surface area contributed by atoms with Crippen molar-refractivity contribution in [3.05, 3.63) is 255 Å². The normalized spacial score (nSPS) is 11.7. The molecule has 15 aromatic rings. The Labute approximate surface area is 431 Å². The fraction of sp³-hybridized carbons (Fsp3) is 0. The summed E-state index contributed by atoms with van der Waals surface area (Å²) in [5, 5.41) is 6.54. The van der Waals surface area contributed by atoms with Crippen LogP contribution in [-0.4, -0.2) is 19.5 Å². The van der Waals surface area contributed by atoms with E-state index in [4.69, 9.17) is 23.8 Å². The first-order chi connectivity index (χ1) is 37.2. The van der Waals surface area contributed by atoms with Crippen LogP contribution in [0, 0.1) is 0 Å². The average Bonchev–Trinajstić information content (AvgIpc) is 4.22. The van der Waals surface area contributed by atoms with Crippen molar-refractivity contribution >= 4 is 65.7 Å². The summed E-state index contributed by atoms with van der Waals surface area (Å²) in [5.41, 5.74) is 17.9. The molecule has 75 heavy (non-hydrogen) atoms. The maximum Gasteiger partial charge on any atom is 0.164 e. The van der Waals surface area contributed by atoms with Gasteiger partial charge in [0.2, 0.25) is 0 Å². The first kappa shape index (κ1) is 42.5. The van der Waals surface area contributed by atoms with Crippen LogP contribution >= 0.6 is 0 Å². The first-order valence-electron chi connectivity index (χ1n) is 25.2. The van der Waals surface area contributed by atoms with Gasteiger partial charge in [-0.1, -0.05) is 194 Å². The Hall–Kier alpha value is -10.2. The molecule has 0 aliphatic carbocycles. The van der Waals surface area contributed by atoms with Crippen molar-refractivity contribution in [1.82, 2.24) is 19.5 Å². The van der Waals surface area contributed by atoms with E-state index in [1.165, 1.54) is 21.9 Å². The molecule has 0 fully saturated rings. The van der Waals surface area contributed by atoms with Crippen LogP contribution < -0.4 is 0 Å². The van der Waals surface area contributed by atoms with Gasteiger partial charge >= 0.3 is 0 Å². The molecule has 0 aliphatic heterocycles. The summed E-state index contributed by atoms with van der Waals surface area (Å²) in [4.78, 5) is 15.6. The molecule has 0 amide bonds. The Morgan fingerprint density at radius 3 is 1.43 bits per heavy atom. The highest BCUT2D eigenvalue weighted by Gasteiger charge is 2.24. The zero-order valence-electron chi connectivity index (χ0n) is 40.4. The first-order valence-corrected chi connectivity index (χ1v) is 25.2. The molecule has 15 rings (SSSR count). The zero-order valence-corrected chi connectivity index (χ0v) is 40.4. The van der Waals surface area contributed by atoms with Crippen molar-refractivity contribution in [3.63, 3.8) is 0 Å². The summed E-state index contributed by atoms with van der Waals surface area (Å²) in [5.74, 6) is 1.72. The fourth-order valence-electron chi connectivity index (χ4n) is 11.1. The summed E-state index contributed by atoms with van der Waals surface area (Å²) in [6, 6.07) is 89.4. The average molecular weight is 959 g/mol. The lowest BCUT2D eigenvalue weighted by Crippen LogP contribution is -2.00. The van der Waals surface area contributed by atoms with Gasteiger partial charge in [-0.05, 0) is 99.6 Å². The highest BCUT2D eigenvalue weighted by molar-refractivity contribution is 6.18. The maximum atomic E-state index is 6.76. The van der Waals surface area contributed by atoms with Crippen molar-refractivity contribution in [2.24, 2.45) is 0 Å². The molecule has 6 heteroatoms. The second-order valence-corrected chi connectivity index (χ2v) is 19.1. The predicted octanol–water partition coefficient (Wildman–Crippen LogP) is 18.4. The quantitative estimate of drug-likeness (QED) is 0.152. The van der Waals surface area contributed by atoms with Gasteiger partial charge in [-0.2, -0.15) is 0 Å². The van der Waals surface area contributed by atoms with Gasteiger partial charge in [0.1, 0.15) is 22.3 Å². The fourth-order valence-corrected chi connectivity index (χ4v) is 11.1. The molecular formula is C69H42N4O2. The SMILES string of the molecule is c1ccc(-c2ccc(-c3nc(-c4ccccc4)nc(-c4cc(-c5cccc(-c6ccc7oc8ccccc8c7c6-n6c7ccccc7c7cc(-c8ccccc8)ccc76)c5)c5c(c4)oc4ccccc45)n3)cc2)cc1. The molecule has 0 radical (unpaired) electrons. The number of rotatable bonds is 8. The van der Waals surface area contributed by atoms with E-state index in [9.17, 15) is 0 Å². The summed E-state index contributed by atoms with van der Waals surface area (Å²) in [7, 11) is 0. The number of furan rings is 2. The van der Waals surface area contributed by atoms with Crippen molar-refractivity contribution in [3.8, 4) is 84.4 Å². The molecule has 4 aromatic heterocycles. The summed E-state index contributed by atoms with van der Waals surface area (Å²) in [6.45, 7) is 0. The second-order valence-electron chi connectivity index (χ2n) is 19.1. The molecule has 0 aliphatic rings. The maximum absolute atomic E-state index is 6.76. The van der Waals surface area contributed by atoms with E-state index in [-0.39, 0.29) is 0 Å². The topological polar surface area (TPSA) is 69.9 Å². The number of benzene rings is 11. The molecule has 11 aromatic carbocycles. The van der Waals surface area contributed by atoms with Crippen molar-refractivity contribution in [1.29, 1.82) is 0 Å². The third kappa shape index (κ3) is 7.14. The minimum atomic E-state index is 0.548. The molecule has 6 nitrogen and oxygen atoms in total. The highest BCUT2D eigenvalue weighted by Crippen LogP contribution is 2.46. The van der Waals surface area contributed by atoms with Crippen LogP contribution in [0.15, 0.2) is 264 Å². The van der Waals surface area contributed by atoms with Crippen LogP contribution in [0.25, 0.3) is 150 Å². The molecule has 4 heterocycles. The number of nitrogens with zero attached hydrogens (tertiary/aromatic N) is 4. The van der Waals surface area contributed by atoms with E-state index in [1.54, 1.807) is 0 Å². The largest absolute Gasteiger partial charge is 0.456 e. The van der Waals surface area contributed by atoms with E-state index in [0.717, 1.165) is 111 Å². The summed E-state index contributed by atoms with van der Waals surface area (Å²) in [6.07, 6.45) is 0. The van der Waals surface area contributed by atoms with Crippen molar-refractivity contribution in [2.75, 3.05) is 0 Å². The Morgan fingerprint density at radius 1 is 0.253 bits per heavy atom. The third-order valence-corrected chi connectivity index (χ3v) is 14.7. The van der Waals surface area contributed by atoms with Gasteiger partial charge in [0.25, 0.3) is 0 Å². The monoisotopic (exact) mass is 958 g/mol. The van der Waals surface area contributed by atoms with E-state index >= 15 is 0 Å². The van der Waals surface area contributed by atoms with E-state index in [2.05, 4.69) is 205 Å². The minimum absolute atomic E-state index is 0.548. The Balaban J connectivity index is 0.946. The molecule has 0 saturated carbocycles. The van der Waals surface area contributed by atoms with Gasteiger partial charge in [0, 0.05) is 49.2 Å². The third-order valence-electron chi connectivity index (χ3n) is 14.7. The number of aromatic nitrogens is 4. The summed E-state index contributed by atoms with van der Waals surface area (Å²) >= 11 is 0. The molecular weight excluding hydrogens is 917 g/mol. The molecule has 0 N–H and O–H groups in total. The van der Waals surface area contributed by atoms with Crippen LogP contribution in [0.1, 0.15) is 0 Å². The number of para-hydroxylation sites is 3. The van der Waals surface area contributed by atoms with Crippen LogP contribution in [0.5, 0.6) is 0 Å². The van der Waals surface area contributed by atoms with Gasteiger partial charge in [-0.25, -0.2) is 15.0 Å². The molecule has 0 bridgehead atoms. The van der Waals surface area contributed by atoms with Crippen LogP contribution in [0.3, 0.4) is 0 Å². The van der Waals surface area contributed by atoms with E-state index in [0.29, 0.717) is 17.5 Å². The standard InChI is InChI=1S/C69H42N4O2/c1-4-17-43(18-5-1)45-31-33-47(34-32-45)68-70-67(46-21-8-3-9-22-46)71-69(72-68)51-41-56(64-54-26-11-14-29-60(54)75-63(64)42-51)50-24-16-23-49(39-50)52-36-38-62-65(55-27-12-15-30-61(55)74-62)66(52)73-58-28-13-10-25-53(58)57-40-48(35-37-59(57)73)44-19-6-2-7-20-44/h1-42H. The minimum Gasteiger partial charge on any atom is -0.456 e. The highest BCUT2D eigenvalue weighted by atomic mass is 16.3. The molecule has 0 unspecified atom stereocenters. The Bertz CT molecular complexity index is 4690. The lowest BCUT2D eigenvalue weighted by atomic mass is 9.93. The molecule has 0 atom stereocenters. The van der Waals surface area contributed by atoms with Gasteiger partial charge < -0.3 is 13.4 Å². The second kappa shape index (κ2) is 17.3. The predicted molar refractivity (Wildman–Crippen MR) is 307 cm³/mol. The Morgan fingerprint density at radius 2 is 0.733 bits per heavy atom. The van der Waals surface area contributed by atoms with Crippen LogP contribution in [0.2, 0.25) is 0 Å². The van der Waals surface area contributed by atoms with Gasteiger partial charge in [0.05, 0.1) is 22.1 Å². The number of hydrogen-bond acceptors (Lipinski definition) is 5. The number of fused-ring (bicyclic) bond motifs is 9. The van der Waals surface area contributed by atoms with Gasteiger partial charge in [-0.3, -0.25) is 0 Å². The lowest BCUT2D eigenvalue weighted by Gasteiger charge is -2.17. The molecule has 0 saturated heterocycles. The van der Waals surface area contributed by atoms with Crippen molar-refractivity contribution in [2.45, 2.75) is 0 Å².